The molecule has 1 amide bonds. The van der Waals surface area contributed by atoms with Crippen molar-refractivity contribution in [1.29, 1.82) is 0 Å². The molecule has 0 radical (unpaired) electrons. The van der Waals surface area contributed by atoms with E-state index in [9.17, 15) is 4.79 Å². The summed E-state index contributed by atoms with van der Waals surface area (Å²) in [6.07, 6.45) is 17.7. The van der Waals surface area contributed by atoms with E-state index in [4.69, 9.17) is 25.8 Å². The first kappa shape index (κ1) is 31.1. The molecule has 1 aliphatic heterocycles. The molecule has 33 heavy (non-hydrogen) atoms. The number of likely N-dealkylation sites (N-methyl/N-ethyl adjacent to an activating group) is 1. The minimum atomic E-state index is -2.69. The lowest BCUT2D eigenvalue weighted by Crippen LogP contribution is -2.39. The molecule has 1 aliphatic rings. The smallest absolute Gasteiger partial charge is 0.290 e. The second-order valence-electron chi connectivity index (χ2n) is 10.3. The van der Waals surface area contributed by atoms with Crippen LogP contribution in [0.2, 0.25) is 0 Å². The van der Waals surface area contributed by atoms with Gasteiger partial charge in [-0.15, -0.1) is 0 Å². The topological polar surface area (TPSA) is 48.0 Å². The number of nitrogens with zero attached hydrogens (tertiary/aromatic N) is 2. The van der Waals surface area contributed by atoms with Crippen molar-refractivity contribution in [2.75, 3.05) is 60.6 Å². The van der Waals surface area contributed by atoms with Crippen molar-refractivity contribution in [3.63, 3.8) is 0 Å². The van der Waals surface area contributed by atoms with Gasteiger partial charge < -0.3 is 21.6 Å². The van der Waals surface area contributed by atoms with Crippen LogP contribution < -0.4 is 0 Å². The first-order valence-corrected chi connectivity index (χ1v) is 15.9. The van der Waals surface area contributed by atoms with Gasteiger partial charge in [0.25, 0.3) is 7.15 Å². The van der Waals surface area contributed by atoms with Crippen LogP contribution in [0, 0.1) is 0 Å². The summed E-state index contributed by atoms with van der Waals surface area (Å²) in [5.41, 5.74) is 0. The molecule has 0 aromatic heterocycles. The van der Waals surface area contributed by atoms with Gasteiger partial charge in [0.1, 0.15) is 26.4 Å². The maximum absolute atomic E-state index is 12.6. The van der Waals surface area contributed by atoms with Crippen molar-refractivity contribution < 1.29 is 22.8 Å². The second kappa shape index (κ2) is 18.4. The first-order chi connectivity index (χ1) is 15.8. The third-order valence-electron chi connectivity index (χ3n) is 6.08. The Hall–Kier alpha value is 0.0900. The summed E-state index contributed by atoms with van der Waals surface area (Å²) in [6, 6.07) is 0. The Kier molecular flexibility index (Phi) is 17.3. The zero-order valence-corrected chi connectivity index (χ0v) is 23.7. The number of rotatable bonds is 18. The van der Waals surface area contributed by atoms with Crippen molar-refractivity contribution in [2.24, 2.45) is 0 Å². The van der Waals surface area contributed by atoms with Gasteiger partial charge in [-0.3, -0.25) is 4.79 Å². The fourth-order valence-corrected chi connectivity index (χ4v) is 5.69. The summed E-state index contributed by atoms with van der Waals surface area (Å²) in [6.45, 7) is 5.53. The number of carbonyl (C=O) groups excluding carboxylic acids is 1. The lowest BCUT2D eigenvalue weighted by Gasteiger charge is -2.33. The Morgan fingerprint density at radius 1 is 0.848 bits per heavy atom. The maximum Gasteiger partial charge on any atom is 0.290 e. The van der Waals surface area contributed by atoms with E-state index in [0.29, 0.717) is 39.3 Å². The van der Waals surface area contributed by atoms with Gasteiger partial charge in [0, 0.05) is 19.5 Å². The summed E-state index contributed by atoms with van der Waals surface area (Å²) >= 11 is 5.49. The molecule has 1 saturated heterocycles. The molecule has 1 rings (SSSR count). The van der Waals surface area contributed by atoms with E-state index in [1.807, 2.05) is 4.90 Å². The SMILES string of the molecule is CCCCCCCCCCCCCCCC(=O)N1CCO[P+]([S-])(OCC[N+](C)(C)C)OCC1. The third kappa shape index (κ3) is 17.2. The van der Waals surface area contributed by atoms with Crippen LogP contribution >= 0.6 is 7.15 Å². The molecule has 0 aromatic carbocycles. The fourth-order valence-electron chi connectivity index (χ4n) is 3.88. The molecule has 0 N–H and O–H groups in total. The number of quaternary nitrogens is 1. The fraction of sp³-hybridized carbons (Fsp3) is 0.960. The highest BCUT2D eigenvalue weighted by atomic mass is 32.7. The second-order valence-corrected chi connectivity index (χ2v) is 13.3. The van der Waals surface area contributed by atoms with Crippen LogP contribution in [0.25, 0.3) is 0 Å². The Bertz CT molecular complexity index is 495. The molecule has 0 unspecified atom stereocenters. The summed E-state index contributed by atoms with van der Waals surface area (Å²) in [5.74, 6) is 0.200. The van der Waals surface area contributed by atoms with E-state index in [2.05, 4.69) is 28.1 Å². The molecule has 0 aromatic rings. The summed E-state index contributed by atoms with van der Waals surface area (Å²) in [5, 5.41) is 0. The molecule has 8 heteroatoms. The quantitative estimate of drug-likeness (QED) is 0.0944. The number of amides is 1. The van der Waals surface area contributed by atoms with E-state index >= 15 is 0 Å². The highest BCUT2D eigenvalue weighted by Crippen LogP contribution is 2.60. The molecule has 1 fully saturated rings. The van der Waals surface area contributed by atoms with Gasteiger partial charge in [-0.1, -0.05) is 84.0 Å². The highest BCUT2D eigenvalue weighted by Gasteiger charge is 2.33. The van der Waals surface area contributed by atoms with E-state index < -0.39 is 7.15 Å². The summed E-state index contributed by atoms with van der Waals surface area (Å²) < 4.78 is 18.1. The van der Waals surface area contributed by atoms with Crippen molar-refractivity contribution >= 4 is 25.3 Å². The van der Waals surface area contributed by atoms with E-state index in [-0.39, 0.29) is 5.91 Å². The Labute approximate surface area is 210 Å². The van der Waals surface area contributed by atoms with Crippen molar-refractivity contribution in [3.8, 4) is 0 Å². The molecule has 196 valence electrons. The number of unbranched alkanes of at least 4 members (excludes halogenated alkanes) is 12. The van der Waals surface area contributed by atoms with Crippen LogP contribution in [-0.4, -0.2) is 75.9 Å². The van der Waals surface area contributed by atoms with Crippen molar-refractivity contribution in [1.82, 2.24) is 4.90 Å². The average Bonchev–Trinajstić information content (AvgIpc) is 2.73. The standard InChI is InChI=1S/C25H52N2O4PS/c1-5-6-7-8-9-10-11-12-13-14-15-16-17-18-25(28)26-19-22-29-32(33,30-23-20-26)31-24-21-27(2,3)4/h5-24H2,1-4H3/q+1. The molecule has 0 aliphatic carbocycles. The Balaban J connectivity index is 2.04. The van der Waals surface area contributed by atoms with Crippen LogP contribution in [0.4, 0.5) is 0 Å². The lowest BCUT2D eigenvalue weighted by atomic mass is 10.0. The zero-order chi connectivity index (χ0) is 24.4. The number of carbonyl (C=O) groups is 1. The third-order valence-corrected chi connectivity index (χ3v) is 8.52. The summed E-state index contributed by atoms with van der Waals surface area (Å²) in [7, 11) is 3.64. The highest BCUT2D eigenvalue weighted by molar-refractivity contribution is 8.35. The Morgan fingerprint density at radius 3 is 1.76 bits per heavy atom. The van der Waals surface area contributed by atoms with Gasteiger partial charge in [-0.2, -0.15) is 13.6 Å². The average molecular weight is 508 g/mol. The summed E-state index contributed by atoms with van der Waals surface area (Å²) in [4.78, 5) is 14.4. The molecule has 1 heterocycles. The molecule has 0 spiro atoms. The van der Waals surface area contributed by atoms with E-state index in [0.717, 1.165) is 23.9 Å². The van der Waals surface area contributed by atoms with Gasteiger partial charge in [0.15, 0.2) is 0 Å². The monoisotopic (exact) mass is 507 g/mol. The number of hydrogen-bond acceptors (Lipinski definition) is 5. The van der Waals surface area contributed by atoms with Crippen molar-refractivity contribution in [2.45, 2.75) is 96.8 Å². The van der Waals surface area contributed by atoms with E-state index in [1.54, 1.807) is 0 Å². The van der Waals surface area contributed by atoms with Gasteiger partial charge in [-0.05, 0) is 6.42 Å². The van der Waals surface area contributed by atoms with Crippen LogP contribution in [-0.2, 0) is 30.6 Å². The van der Waals surface area contributed by atoms with Gasteiger partial charge in [0.2, 0.25) is 5.91 Å². The molecule has 0 atom stereocenters. The predicted molar refractivity (Wildman–Crippen MR) is 142 cm³/mol. The largest absolute Gasteiger partial charge is 0.459 e. The van der Waals surface area contributed by atoms with E-state index in [1.165, 1.54) is 70.6 Å². The molecular formula is C25H52N2O4PS+. The van der Waals surface area contributed by atoms with Gasteiger partial charge in [-0.25, -0.2) is 0 Å². The Morgan fingerprint density at radius 2 is 1.30 bits per heavy atom. The van der Waals surface area contributed by atoms with Crippen LogP contribution in [0.1, 0.15) is 96.8 Å². The lowest BCUT2D eigenvalue weighted by molar-refractivity contribution is -0.870. The first-order valence-electron chi connectivity index (χ1n) is 13.4. The zero-order valence-electron chi connectivity index (χ0n) is 22.0. The normalized spacial score (nSPS) is 17.1. The number of hydrogen-bond donors (Lipinski definition) is 0. The van der Waals surface area contributed by atoms with Crippen LogP contribution in [0.15, 0.2) is 0 Å². The van der Waals surface area contributed by atoms with Crippen LogP contribution in [0.5, 0.6) is 0 Å². The predicted octanol–water partition coefficient (Wildman–Crippen LogP) is 6.29. The minimum absolute atomic E-state index is 0.200. The molecule has 6 nitrogen and oxygen atoms in total. The van der Waals surface area contributed by atoms with Gasteiger partial charge in [0.05, 0.1) is 21.1 Å². The molecule has 0 bridgehead atoms. The van der Waals surface area contributed by atoms with Crippen LogP contribution in [0.3, 0.4) is 0 Å². The van der Waals surface area contributed by atoms with Crippen molar-refractivity contribution in [3.05, 3.63) is 0 Å². The minimum Gasteiger partial charge on any atom is -0.459 e. The molecule has 0 saturated carbocycles. The maximum atomic E-state index is 12.6. The van der Waals surface area contributed by atoms with Gasteiger partial charge >= 0.3 is 0 Å². The molecular weight excluding hydrogens is 455 g/mol.